The number of hydrogen-bond donors (Lipinski definition) is 1. The Morgan fingerprint density at radius 2 is 1.88 bits per heavy atom. The fraction of sp³-hybridized carbons (Fsp3) is 0.632. The van der Waals surface area contributed by atoms with Crippen LogP contribution >= 0.6 is 0 Å². The van der Waals surface area contributed by atoms with Gasteiger partial charge in [-0.1, -0.05) is 12.1 Å². The first kappa shape index (κ1) is 17.2. The van der Waals surface area contributed by atoms with Crippen molar-refractivity contribution in [2.24, 2.45) is 0 Å². The van der Waals surface area contributed by atoms with Crippen LogP contribution in [0.3, 0.4) is 0 Å². The third-order valence-electron chi connectivity index (χ3n) is 5.17. The van der Waals surface area contributed by atoms with E-state index in [2.05, 4.69) is 4.90 Å². The minimum atomic E-state index is -0.184. The summed E-state index contributed by atoms with van der Waals surface area (Å²) in [6.45, 7) is 5.88. The van der Waals surface area contributed by atoms with Crippen LogP contribution in [-0.4, -0.2) is 65.7 Å². The summed E-state index contributed by atoms with van der Waals surface area (Å²) in [5.74, 6) is 1.03. The number of aliphatic hydroxyl groups is 1. The van der Waals surface area contributed by atoms with Gasteiger partial charge in [0.1, 0.15) is 5.75 Å². The molecule has 1 aromatic rings. The van der Waals surface area contributed by atoms with Gasteiger partial charge in [0.2, 0.25) is 5.91 Å². The molecule has 2 aliphatic rings. The number of nitrogens with zero attached hydrogens (tertiary/aromatic N) is 2. The Labute approximate surface area is 144 Å². The second-order valence-electron chi connectivity index (χ2n) is 6.74. The van der Waals surface area contributed by atoms with E-state index >= 15 is 0 Å². The van der Waals surface area contributed by atoms with E-state index in [0.717, 1.165) is 56.8 Å². The monoisotopic (exact) mass is 332 g/mol. The Hall–Kier alpha value is -1.59. The fourth-order valence-electron chi connectivity index (χ4n) is 3.81. The number of hydrogen-bond acceptors (Lipinski definition) is 4. The molecule has 2 fully saturated rings. The number of amides is 1. The van der Waals surface area contributed by atoms with Crippen molar-refractivity contribution in [3.63, 3.8) is 0 Å². The van der Waals surface area contributed by atoms with Crippen LogP contribution in [0.2, 0.25) is 0 Å². The van der Waals surface area contributed by atoms with Gasteiger partial charge in [-0.05, 0) is 43.9 Å². The second-order valence-corrected chi connectivity index (χ2v) is 6.74. The van der Waals surface area contributed by atoms with Gasteiger partial charge in [0.05, 0.1) is 19.1 Å². The largest absolute Gasteiger partial charge is 0.494 e. The molecular formula is C19H28N2O3. The number of aliphatic hydroxyl groups excluding tert-OH is 1. The molecular weight excluding hydrogens is 304 g/mol. The number of benzene rings is 1. The average molecular weight is 332 g/mol. The fourth-order valence-corrected chi connectivity index (χ4v) is 3.81. The first-order valence-electron chi connectivity index (χ1n) is 9.09. The highest BCUT2D eigenvalue weighted by molar-refractivity contribution is 5.79. The Morgan fingerprint density at radius 1 is 1.17 bits per heavy atom. The van der Waals surface area contributed by atoms with E-state index in [0.29, 0.717) is 19.1 Å². The SMILES string of the molecule is CCOc1ccc(CC(=O)N2CCN(C3CCCC3O)CC2)cc1. The van der Waals surface area contributed by atoms with E-state index in [-0.39, 0.29) is 12.0 Å². The van der Waals surface area contributed by atoms with Crippen LogP contribution in [0.4, 0.5) is 0 Å². The number of carbonyl (C=O) groups excluding carboxylic acids is 1. The molecule has 24 heavy (non-hydrogen) atoms. The van der Waals surface area contributed by atoms with Gasteiger partial charge in [0, 0.05) is 32.2 Å². The molecule has 0 aromatic heterocycles. The molecule has 1 N–H and O–H groups in total. The summed E-state index contributed by atoms with van der Waals surface area (Å²) in [6.07, 6.45) is 3.38. The molecule has 0 spiro atoms. The van der Waals surface area contributed by atoms with Gasteiger partial charge in [-0.25, -0.2) is 0 Å². The minimum Gasteiger partial charge on any atom is -0.494 e. The maximum absolute atomic E-state index is 12.5. The van der Waals surface area contributed by atoms with E-state index in [1.807, 2.05) is 36.1 Å². The number of ether oxygens (including phenoxy) is 1. The summed E-state index contributed by atoms with van der Waals surface area (Å²) in [4.78, 5) is 16.8. The lowest BCUT2D eigenvalue weighted by atomic mass is 10.1. The van der Waals surface area contributed by atoms with Crippen LogP contribution < -0.4 is 4.74 Å². The van der Waals surface area contributed by atoms with Gasteiger partial charge >= 0.3 is 0 Å². The molecule has 1 heterocycles. The summed E-state index contributed by atoms with van der Waals surface area (Å²) in [6, 6.07) is 8.08. The zero-order valence-electron chi connectivity index (χ0n) is 14.5. The van der Waals surface area contributed by atoms with Crippen molar-refractivity contribution in [2.75, 3.05) is 32.8 Å². The molecule has 2 atom stereocenters. The summed E-state index contributed by atoms with van der Waals surface area (Å²) >= 11 is 0. The molecule has 3 rings (SSSR count). The Kier molecular flexibility index (Phi) is 5.74. The molecule has 1 saturated heterocycles. The van der Waals surface area contributed by atoms with Crippen molar-refractivity contribution in [3.8, 4) is 5.75 Å². The third kappa shape index (κ3) is 4.08. The van der Waals surface area contributed by atoms with Crippen molar-refractivity contribution in [2.45, 2.75) is 44.8 Å². The summed E-state index contributed by atoms with van der Waals surface area (Å²) in [7, 11) is 0. The van der Waals surface area contributed by atoms with Gasteiger partial charge in [-0.2, -0.15) is 0 Å². The van der Waals surface area contributed by atoms with Gasteiger partial charge in [0.25, 0.3) is 0 Å². The summed E-state index contributed by atoms with van der Waals surface area (Å²) < 4.78 is 5.43. The predicted octanol–water partition coefficient (Wildman–Crippen LogP) is 1.69. The lowest BCUT2D eigenvalue weighted by Gasteiger charge is -2.39. The highest BCUT2D eigenvalue weighted by Gasteiger charge is 2.33. The summed E-state index contributed by atoms with van der Waals surface area (Å²) in [5, 5.41) is 10.0. The Balaban J connectivity index is 1.48. The van der Waals surface area contributed by atoms with Crippen LogP contribution in [0.5, 0.6) is 5.75 Å². The molecule has 1 aliphatic carbocycles. The highest BCUT2D eigenvalue weighted by Crippen LogP contribution is 2.25. The van der Waals surface area contributed by atoms with Crippen molar-refractivity contribution in [1.82, 2.24) is 9.80 Å². The molecule has 2 unspecified atom stereocenters. The predicted molar refractivity (Wildman–Crippen MR) is 93.1 cm³/mol. The van der Waals surface area contributed by atoms with Crippen LogP contribution in [-0.2, 0) is 11.2 Å². The molecule has 0 radical (unpaired) electrons. The van der Waals surface area contributed by atoms with Crippen LogP contribution in [0, 0.1) is 0 Å². The molecule has 5 nitrogen and oxygen atoms in total. The molecule has 0 bridgehead atoms. The molecule has 1 aliphatic heterocycles. The van der Waals surface area contributed by atoms with Gasteiger partial charge in [0.15, 0.2) is 0 Å². The lowest BCUT2D eigenvalue weighted by Crippen LogP contribution is -2.53. The standard InChI is InChI=1S/C19H28N2O3/c1-2-24-16-8-6-15(7-9-16)14-19(23)21-12-10-20(11-13-21)17-4-3-5-18(17)22/h6-9,17-18,22H,2-5,10-14H2,1H3. The lowest BCUT2D eigenvalue weighted by molar-refractivity contribution is -0.132. The molecule has 5 heteroatoms. The van der Waals surface area contributed by atoms with Crippen molar-refractivity contribution in [3.05, 3.63) is 29.8 Å². The first-order chi connectivity index (χ1) is 11.7. The molecule has 1 saturated carbocycles. The van der Waals surface area contributed by atoms with E-state index in [1.54, 1.807) is 0 Å². The second kappa shape index (κ2) is 7.99. The maximum atomic E-state index is 12.5. The van der Waals surface area contributed by atoms with Crippen LogP contribution in [0.25, 0.3) is 0 Å². The smallest absolute Gasteiger partial charge is 0.227 e. The van der Waals surface area contributed by atoms with Crippen molar-refractivity contribution < 1.29 is 14.6 Å². The van der Waals surface area contributed by atoms with Gasteiger partial charge in [-0.15, -0.1) is 0 Å². The molecule has 132 valence electrons. The quantitative estimate of drug-likeness (QED) is 0.891. The Morgan fingerprint density at radius 3 is 2.46 bits per heavy atom. The third-order valence-corrected chi connectivity index (χ3v) is 5.17. The van der Waals surface area contributed by atoms with E-state index in [9.17, 15) is 9.90 Å². The molecule has 1 aromatic carbocycles. The average Bonchev–Trinajstić information content (AvgIpc) is 3.03. The van der Waals surface area contributed by atoms with E-state index < -0.39 is 0 Å². The normalized spacial score (nSPS) is 25.0. The number of piperazine rings is 1. The minimum absolute atomic E-state index is 0.184. The zero-order valence-corrected chi connectivity index (χ0v) is 14.5. The number of carbonyl (C=O) groups is 1. The van der Waals surface area contributed by atoms with E-state index in [4.69, 9.17) is 4.74 Å². The van der Waals surface area contributed by atoms with Crippen molar-refractivity contribution in [1.29, 1.82) is 0 Å². The number of rotatable bonds is 5. The van der Waals surface area contributed by atoms with Gasteiger partial charge in [-0.3, -0.25) is 9.69 Å². The summed E-state index contributed by atoms with van der Waals surface area (Å²) in [5.41, 5.74) is 1.03. The molecule has 1 amide bonds. The zero-order chi connectivity index (χ0) is 16.9. The maximum Gasteiger partial charge on any atom is 0.227 e. The first-order valence-corrected chi connectivity index (χ1v) is 9.09. The van der Waals surface area contributed by atoms with Crippen molar-refractivity contribution >= 4 is 5.91 Å². The van der Waals surface area contributed by atoms with Crippen LogP contribution in [0.1, 0.15) is 31.7 Å². The van der Waals surface area contributed by atoms with Gasteiger partial charge < -0.3 is 14.7 Å². The van der Waals surface area contributed by atoms with Crippen LogP contribution in [0.15, 0.2) is 24.3 Å². The highest BCUT2D eigenvalue weighted by atomic mass is 16.5. The van der Waals surface area contributed by atoms with E-state index in [1.165, 1.54) is 0 Å². The topological polar surface area (TPSA) is 53.0 Å². The Bertz CT molecular complexity index is 538.